The number of hydrogen-bond donors (Lipinski definition) is 1. The van der Waals surface area contributed by atoms with Crippen LogP contribution >= 0.6 is 0 Å². The lowest BCUT2D eigenvalue weighted by Gasteiger charge is -2.24. The van der Waals surface area contributed by atoms with Crippen molar-refractivity contribution in [2.75, 3.05) is 19.7 Å². The average molecular weight is 258 g/mol. The van der Waals surface area contributed by atoms with Gasteiger partial charge in [0.2, 0.25) is 5.91 Å². The lowest BCUT2D eigenvalue weighted by Crippen LogP contribution is -2.39. The van der Waals surface area contributed by atoms with E-state index in [2.05, 4.69) is 0 Å². The molecule has 0 heterocycles. The lowest BCUT2D eigenvalue weighted by molar-refractivity contribution is -0.143. The highest BCUT2D eigenvalue weighted by atomic mass is 16.5. The molecule has 0 aromatic heterocycles. The van der Waals surface area contributed by atoms with Crippen molar-refractivity contribution >= 4 is 11.9 Å². The molecule has 18 heavy (non-hydrogen) atoms. The topological polar surface area (TPSA) is 72.6 Å². The van der Waals surface area contributed by atoms with Gasteiger partial charge in [0.1, 0.15) is 0 Å². The molecule has 0 aliphatic heterocycles. The summed E-state index contributed by atoms with van der Waals surface area (Å²) in [7, 11) is 0. The molecule has 0 radical (unpaired) electrons. The van der Waals surface area contributed by atoms with Crippen LogP contribution < -0.4 is 5.73 Å². The molecule has 0 saturated carbocycles. The van der Waals surface area contributed by atoms with Gasteiger partial charge in [0.15, 0.2) is 0 Å². The summed E-state index contributed by atoms with van der Waals surface area (Å²) >= 11 is 0. The van der Waals surface area contributed by atoms with Crippen LogP contribution in [-0.4, -0.2) is 42.5 Å². The van der Waals surface area contributed by atoms with E-state index in [1.807, 2.05) is 25.7 Å². The Hall–Kier alpha value is -1.10. The third kappa shape index (κ3) is 8.98. The minimum Gasteiger partial charge on any atom is -0.466 e. The first kappa shape index (κ1) is 16.9. The maximum absolute atomic E-state index is 11.1. The van der Waals surface area contributed by atoms with E-state index in [4.69, 9.17) is 10.5 Å². The third-order valence-corrected chi connectivity index (χ3v) is 2.72. The molecule has 0 aromatic rings. The number of rotatable bonds is 10. The largest absolute Gasteiger partial charge is 0.466 e. The Kier molecular flexibility index (Phi) is 9.28. The standard InChI is InChI=1S/C13H26N2O3/c1-4-18-13(17)8-6-5-7-9-15(11(2)3)10-12(14)16/h11H,4-10H2,1-3H3,(H2,14,16). The maximum atomic E-state index is 11.1. The number of nitrogens with zero attached hydrogens (tertiary/aromatic N) is 1. The average Bonchev–Trinajstić information content (AvgIpc) is 2.26. The Morgan fingerprint density at radius 2 is 1.89 bits per heavy atom. The SMILES string of the molecule is CCOC(=O)CCCCCN(CC(N)=O)C(C)C. The van der Waals surface area contributed by atoms with Crippen LogP contribution in [0.25, 0.3) is 0 Å². The molecule has 0 unspecified atom stereocenters. The highest BCUT2D eigenvalue weighted by molar-refractivity contribution is 5.75. The first-order valence-electron chi connectivity index (χ1n) is 6.65. The van der Waals surface area contributed by atoms with Crippen molar-refractivity contribution in [1.29, 1.82) is 0 Å². The van der Waals surface area contributed by atoms with Crippen LogP contribution in [0.4, 0.5) is 0 Å². The van der Waals surface area contributed by atoms with Gasteiger partial charge in [-0.3, -0.25) is 14.5 Å². The van der Waals surface area contributed by atoms with Crippen molar-refractivity contribution in [1.82, 2.24) is 4.90 Å². The molecule has 0 aromatic carbocycles. The number of nitrogens with two attached hydrogens (primary N) is 1. The first-order chi connectivity index (χ1) is 8.47. The van der Waals surface area contributed by atoms with Crippen LogP contribution in [0.2, 0.25) is 0 Å². The molecule has 1 amide bonds. The molecule has 106 valence electrons. The molecule has 2 N–H and O–H groups in total. The number of primary amides is 1. The fourth-order valence-corrected chi connectivity index (χ4v) is 1.71. The summed E-state index contributed by atoms with van der Waals surface area (Å²) in [5, 5.41) is 0. The molecular formula is C13H26N2O3. The summed E-state index contributed by atoms with van der Waals surface area (Å²) in [4.78, 5) is 24.0. The third-order valence-electron chi connectivity index (χ3n) is 2.72. The number of carbonyl (C=O) groups is 2. The summed E-state index contributed by atoms with van der Waals surface area (Å²) in [5.74, 6) is -0.425. The second-order valence-electron chi connectivity index (χ2n) is 4.65. The van der Waals surface area contributed by atoms with Crippen LogP contribution in [0.3, 0.4) is 0 Å². The molecule has 0 aliphatic rings. The van der Waals surface area contributed by atoms with Gasteiger partial charge in [0.25, 0.3) is 0 Å². The minimum absolute atomic E-state index is 0.129. The molecule has 0 spiro atoms. The van der Waals surface area contributed by atoms with E-state index in [1.165, 1.54) is 0 Å². The molecule has 0 rings (SSSR count). The van der Waals surface area contributed by atoms with Crippen LogP contribution in [-0.2, 0) is 14.3 Å². The predicted octanol–water partition coefficient (Wildman–Crippen LogP) is 1.31. The van der Waals surface area contributed by atoms with Crippen molar-refractivity contribution in [2.24, 2.45) is 5.73 Å². The fourth-order valence-electron chi connectivity index (χ4n) is 1.71. The van der Waals surface area contributed by atoms with Gasteiger partial charge in [-0.15, -0.1) is 0 Å². The Labute approximate surface area is 110 Å². The molecule has 0 aliphatic carbocycles. The zero-order chi connectivity index (χ0) is 14.0. The van der Waals surface area contributed by atoms with Gasteiger partial charge < -0.3 is 10.5 Å². The van der Waals surface area contributed by atoms with Gasteiger partial charge in [-0.2, -0.15) is 0 Å². The van der Waals surface area contributed by atoms with Crippen LogP contribution in [0.1, 0.15) is 46.5 Å². The highest BCUT2D eigenvalue weighted by Crippen LogP contribution is 2.05. The van der Waals surface area contributed by atoms with E-state index in [9.17, 15) is 9.59 Å². The van der Waals surface area contributed by atoms with Crippen LogP contribution in [0.5, 0.6) is 0 Å². The lowest BCUT2D eigenvalue weighted by atomic mass is 10.1. The molecule has 5 nitrogen and oxygen atoms in total. The summed E-state index contributed by atoms with van der Waals surface area (Å²) in [6.45, 7) is 7.48. The molecule has 0 fully saturated rings. The van der Waals surface area contributed by atoms with Crippen molar-refractivity contribution in [3.05, 3.63) is 0 Å². The highest BCUT2D eigenvalue weighted by Gasteiger charge is 2.11. The Bertz CT molecular complexity index is 255. The maximum Gasteiger partial charge on any atom is 0.305 e. The zero-order valence-corrected chi connectivity index (χ0v) is 11.8. The number of unbranched alkanes of at least 4 members (excludes halogenated alkanes) is 2. The molecular weight excluding hydrogens is 232 g/mol. The normalized spacial score (nSPS) is 10.9. The van der Waals surface area contributed by atoms with Crippen molar-refractivity contribution in [3.8, 4) is 0 Å². The van der Waals surface area contributed by atoms with Crippen LogP contribution in [0, 0.1) is 0 Å². The van der Waals surface area contributed by atoms with Crippen molar-refractivity contribution in [2.45, 2.75) is 52.5 Å². The number of hydrogen-bond acceptors (Lipinski definition) is 4. The summed E-state index contributed by atoms with van der Waals surface area (Å²) in [6.07, 6.45) is 3.23. The van der Waals surface area contributed by atoms with E-state index >= 15 is 0 Å². The van der Waals surface area contributed by atoms with Crippen LogP contribution in [0.15, 0.2) is 0 Å². The molecule has 5 heteroatoms. The number of carbonyl (C=O) groups excluding carboxylic acids is 2. The summed E-state index contributed by atoms with van der Waals surface area (Å²) in [5.41, 5.74) is 5.19. The summed E-state index contributed by atoms with van der Waals surface area (Å²) < 4.78 is 4.85. The zero-order valence-electron chi connectivity index (χ0n) is 11.8. The van der Waals surface area contributed by atoms with Gasteiger partial charge >= 0.3 is 5.97 Å². The van der Waals surface area contributed by atoms with Gasteiger partial charge in [0, 0.05) is 12.5 Å². The monoisotopic (exact) mass is 258 g/mol. The Morgan fingerprint density at radius 1 is 1.22 bits per heavy atom. The second kappa shape index (κ2) is 9.88. The molecule has 0 saturated heterocycles. The van der Waals surface area contributed by atoms with Gasteiger partial charge in [0.05, 0.1) is 13.2 Å². The van der Waals surface area contributed by atoms with E-state index in [0.29, 0.717) is 25.6 Å². The second-order valence-corrected chi connectivity index (χ2v) is 4.65. The quantitative estimate of drug-likeness (QED) is 0.473. The van der Waals surface area contributed by atoms with Crippen molar-refractivity contribution < 1.29 is 14.3 Å². The van der Waals surface area contributed by atoms with E-state index in [0.717, 1.165) is 25.8 Å². The predicted molar refractivity (Wildman–Crippen MR) is 71.0 cm³/mol. The number of esters is 1. The van der Waals surface area contributed by atoms with Crippen molar-refractivity contribution in [3.63, 3.8) is 0 Å². The smallest absolute Gasteiger partial charge is 0.305 e. The van der Waals surface area contributed by atoms with E-state index in [1.54, 1.807) is 0 Å². The number of ether oxygens (including phenoxy) is 1. The number of amides is 1. The van der Waals surface area contributed by atoms with Gasteiger partial charge in [-0.05, 0) is 40.2 Å². The Morgan fingerprint density at radius 3 is 2.39 bits per heavy atom. The van der Waals surface area contributed by atoms with Gasteiger partial charge in [-0.1, -0.05) is 6.42 Å². The van der Waals surface area contributed by atoms with Gasteiger partial charge in [-0.25, -0.2) is 0 Å². The van der Waals surface area contributed by atoms with E-state index in [-0.39, 0.29) is 11.9 Å². The summed E-state index contributed by atoms with van der Waals surface area (Å²) in [6, 6.07) is 0.308. The first-order valence-corrected chi connectivity index (χ1v) is 6.65. The molecule has 0 bridgehead atoms. The Balaban J connectivity index is 3.67. The minimum atomic E-state index is -0.296. The van der Waals surface area contributed by atoms with E-state index < -0.39 is 0 Å². The molecule has 0 atom stereocenters. The fraction of sp³-hybridized carbons (Fsp3) is 0.846.